The molecule has 0 spiro atoms. The van der Waals surface area contributed by atoms with E-state index in [9.17, 15) is 4.79 Å². The summed E-state index contributed by atoms with van der Waals surface area (Å²) in [4.78, 5) is 12.3. The maximum atomic E-state index is 12.3. The molecular formula is C14H24N4O2. The molecule has 112 valence electrons. The lowest BCUT2D eigenvalue weighted by Crippen LogP contribution is -2.34. The molecule has 1 saturated heterocycles. The molecule has 0 radical (unpaired) electrons. The summed E-state index contributed by atoms with van der Waals surface area (Å²) in [6.07, 6.45) is 2.24. The zero-order valence-electron chi connectivity index (χ0n) is 12.5. The molecule has 2 unspecified atom stereocenters. The third-order valence-corrected chi connectivity index (χ3v) is 3.96. The first-order chi connectivity index (χ1) is 9.58. The predicted molar refractivity (Wildman–Crippen MR) is 77.5 cm³/mol. The number of anilines is 1. The molecule has 0 aliphatic carbocycles. The van der Waals surface area contributed by atoms with Crippen LogP contribution in [0.3, 0.4) is 0 Å². The lowest BCUT2D eigenvalue weighted by Gasteiger charge is -2.17. The van der Waals surface area contributed by atoms with Gasteiger partial charge in [-0.3, -0.25) is 9.48 Å². The van der Waals surface area contributed by atoms with E-state index in [2.05, 4.69) is 17.3 Å². The van der Waals surface area contributed by atoms with Gasteiger partial charge in [-0.1, -0.05) is 6.92 Å². The van der Waals surface area contributed by atoms with E-state index < -0.39 is 0 Å². The van der Waals surface area contributed by atoms with Crippen LogP contribution in [-0.4, -0.2) is 34.9 Å². The van der Waals surface area contributed by atoms with Crippen LogP contribution < -0.4 is 11.1 Å². The highest BCUT2D eigenvalue weighted by atomic mass is 16.5. The van der Waals surface area contributed by atoms with Crippen molar-refractivity contribution in [2.24, 2.45) is 5.92 Å². The third-order valence-electron chi connectivity index (χ3n) is 3.96. The van der Waals surface area contributed by atoms with Gasteiger partial charge in [0.25, 0.3) is 5.91 Å². The molecule has 6 nitrogen and oxygen atoms in total. The monoisotopic (exact) mass is 280 g/mol. The fraction of sp³-hybridized carbons (Fsp3) is 0.714. The molecule has 1 fully saturated rings. The van der Waals surface area contributed by atoms with Crippen molar-refractivity contribution in [2.75, 3.05) is 18.9 Å². The minimum Gasteiger partial charge on any atom is -0.395 e. The molecule has 20 heavy (non-hydrogen) atoms. The Hall–Kier alpha value is -1.56. The molecule has 0 bridgehead atoms. The molecule has 2 heterocycles. The Morgan fingerprint density at radius 1 is 1.55 bits per heavy atom. The quantitative estimate of drug-likeness (QED) is 0.852. The normalized spacial score (nSPS) is 22.1. The number of hydrogen-bond donors (Lipinski definition) is 2. The summed E-state index contributed by atoms with van der Waals surface area (Å²) >= 11 is 0. The maximum Gasteiger partial charge on any atom is 0.271 e. The van der Waals surface area contributed by atoms with Crippen molar-refractivity contribution in [1.82, 2.24) is 15.1 Å². The summed E-state index contributed by atoms with van der Waals surface area (Å²) in [5.41, 5.74) is 7.59. The van der Waals surface area contributed by atoms with Gasteiger partial charge < -0.3 is 15.8 Å². The van der Waals surface area contributed by atoms with Crippen LogP contribution in [0.4, 0.5) is 5.69 Å². The maximum absolute atomic E-state index is 12.3. The zero-order chi connectivity index (χ0) is 14.7. The number of carbonyl (C=O) groups is 1. The largest absolute Gasteiger partial charge is 0.395 e. The van der Waals surface area contributed by atoms with Gasteiger partial charge in [0.1, 0.15) is 5.69 Å². The molecule has 1 aromatic rings. The number of amides is 1. The molecule has 1 aliphatic heterocycles. The molecule has 1 aliphatic rings. The number of rotatable bonds is 5. The topological polar surface area (TPSA) is 82.2 Å². The second-order valence-corrected chi connectivity index (χ2v) is 5.24. The molecule has 1 aromatic heterocycles. The fourth-order valence-corrected chi connectivity index (χ4v) is 2.75. The van der Waals surface area contributed by atoms with Crippen LogP contribution in [0.15, 0.2) is 0 Å². The van der Waals surface area contributed by atoms with Crippen LogP contribution in [0.25, 0.3) is 0 Å². The van der Waals surface area contributed by atoms with Crippen LogP contribution in [0.5, 0.6) is 0 Å². The van der Waals surface area contributed by atoms with Crippen LogP contribution in [0.1, 0.15) is 42.9 Å². The predicted octanol–water partition coefficient (Wildman–Crippen LogP) is 1.34. The lowest BCUT2D eigenvalue weighted by atomic mass is 9.99. The van der Waals surface area contributed by atoms with Gasteiger partial charge in [-0.2, -0.15) is 5.10 Å². The molecule has 0 aromatic carbocycles. The van der Waals surface area contributed by atoms with Gasteiger partial charge in [-0.25, -0.2) is 0 Å². The summed E-state index contributed by atoms with van der Waals surface area (Å²) in [5.74, 6) is 0.246. The van der Waals surface area contributed by atoms with Crippen molar-refractivity contribution < 1.29 is 9.53 Å². The summed E-state index contributed by atoms with van der Waals surface area (Å²) < 4.78 is 7.29. The summed E-state index contributed by atoms with van der Waals surface area (Å²) in [7, 11) is 0. The standard InChI is InChI=1S/C14H24N4O2/c1-4-11-10(6-7-20-11)8-16-14(19)13-12(15)9(3)17-18(13)5-2/h10-11H,4-8,15H2,1-3H3,(H,16,19). The molecule has 2 atom stereocenters. The number of hydrogen-bond acceptors (Lipinski definition) is 4. The number of nitrogens with one attached hydrogen (secondary N) is 1. The number of carbonyl (C=O) groups excluding carboxylic acids is 1. The summed E-state index contributed by atoms with van der Waals surface area (Å²) in [6, 6.07) is 0. The van der Waals surface area contributed by atoms with E-state index in [1.54, 1.807) is 4.68 Å². The van der Waals surface area contributed by atoms with Gasteiger partial charge in [0.05, 0.1) is 17.5 Å². The van der Waals surface area contributed by atoms with Crippen molar-refractivity contribution in [3.63, 3.8) is 0 Å². The van der Waals surface area contributed by atoms with E-state index in [1.807, 2.05) is 13.8 Å². The van der Waals surface area contributed by atoms with Crippen LogP contribution >= 0.6 is 0 Å². The second-order valence-electron chi connectivity index (χ2n) is 5.24. The van der Waals surface area contributed by atoms with Crippen molar-refractivity contribution >= 4 is 11.6 Å². The average molecular weight is 280 g/mol. The van der Waals surface area contributed by atoms with E-state index in [-0.39, 0.29) is 12.0 Å². The molecule has 3 N–H and O–H groups in total. The van der Waals surface area contributed by atoms with Gasteiger partial charge in [-0.15, -0.1) is 0 Å². The average Bonchev–Trinajstić information content (AvgIpc) is 3.01. The van der Waals surface area contributed by atoms with Crippen molar-refractivity contribution in [3.8, 4) is 0 Å². The van der Waals surface area contributed by atoms with E-state index in [4.69, 9.17) is 10.5 Å². The molecule has 1 amide bonds. The van der Waals surface area contributed by atoms with Crippen LogP contribution in [-0.2, 0) is 11.3 Å². The van der Waals surface area contributed by atoms with E-state index in [1.165, 1.54) is 0 Å². The molecule has 0 saturated carbocycles. The van der Waals surface area contributed by atoms with Crippen molar-refractivity contribution in [2.45, 2.75) is 46.3 Å². The van der Waals surface area contributed by atoms with Gasteiger partial charge in [-0.05, 0) is 26.7 Å². The minimum absolute atomic E-state index is 0.147. The van der Waals surface area contributed by atoms with Gasteiger partial charge >= 0.3 is 0 Å². The number of aromatic nitrogens is 2. The first-order valence-electron chi connectivity index (χ1n) is 7.31. The van der Waals surface area contributed by atoms with Crippen molar-refractivity contribution in [3.05, 3.63) is 11.4 Å². The Labute approximate surface area is 119 Å². The fourth-order valence-electron chi connectivity index (χ4n) is 2.75. The SMILES string of the molecule is CCC1OCCC1CNC(=O)c1c(N)c(C)nn1CC. The Bertz CT molecular complexity index is 484. The number of nitrogens with two attached hydrogens (primary N) is 1. The Morgan fingerprint density at radius 2 is 2.30 bits per heavy atom. The van der Waals surface area contributed by atoms with Crippen LogP contribution in [0, 0.1) is 12.8 Å². The smallest absolute Gasteiger partial charge is 0.271 e. The highest BCUT2D eigenvalue weighted by molar-refractivity contribution is 5.97. The lowest BCUT2D eigenvalue weighted by molar-refractivity contribution is 0.0823. The Morgan fingerprint density at radius 3 is 2.95 bits per heavy atom. The molecule has 6 heteroatoms. The molecule has 2 rings (SSSR count). The van der Waals surface area contributed by atoms with Crippen molar-refractivity contribution in [1.29, 1.82) is 0 Å². The Kier molecular flexibility index (Phi) is 4.65. The van der Waals surface area contributed by atoms with Gasteiger partial charge in [0.2, 0.25) is 0 Å². The highest BCUT2D eigenvalue weighted by Crippen LogP contribution is 2.23. The number of nitrogens with zero attached hydrogens (tertiary/aromatic N) is 2. The first-order valence-corrected chi connectivity index (χ1v) is 7.31. The number of aryl methyl sites for hydroxylation is 2. The van der Waals surface area contributed by atoms with E-state index in [0.29, 0.717) is 36.1 Å². The van der Waals surface area contributed by atoms with E-state index in [0.717, 1.165) is 19.4 Å². The zero-order valence-corrected chi connectivity index (χ0v) is 12.5. The van der Waals surface area contributed by atoms with Gasteiger partial charge in [0, 0.05) is 25.6 Å². The molecular weight excluding hydrogens is 256 g/mol. The second kappa shape index (κ2) is 6.26. The first kappa shape index (κ1) is 14.8. The van der Waals surface area contributed by atoms with Crippen LogP contribution in [0.2, 0.25) is 0 Å². The Balaban J connectivity index is 2.02. The highest BCUT2D eigenvalue weighted by Gasteiger charge is 2.28. The minimum atomic E-state index is -0.147. The number of ether oxygens (including phenoxy) is 1. The van der Waals surface area contributed by atoms with Gasteiger partial charge in [0.15, 0.2) is 0 Å². The summed E-state index contributed by atoms with van der Waals surface area (Å²) in [5, 5.41) is 7.24. The third kappa shape index (κ3) is 2.80. The summed E-state index contributed by atoms with van der Waals surface area (Å²) in [6.45, 7) is 7.91. The van der Waals surface area contributed by atoms with E-state index >= 15 is 0 Å². The number of nitrogen functional groups attached to an aromatic ring is 1.